The van der Waals surface area contributed by atoms with Crippen LogP contribution in [-0.2, 0) is 6.42 Å². The lowest BCUT2D eigenvalue weighted by atomic mass is 9.98. The highest BCUT2D eigenvalue weighted by Crippen LogP contribution is 2.24. The quantitative estimate of drug-likeness (QED) is 0.659. The summed E-state index contributed by atoms with van der Waals surface area (Å²) < 4.78 is 0. The van der Waals surface area contributed by atoms with Gasteiger partial charge in [0.15, 0.2) is 0 Å². The van der Waals surface area contributed by atoms with E-state index in [4.69, 9.17) is 17.4 Å². The summed E-state index contributed by atoms with van der Waals surface area (Å²) in [6, 6.07) is 14.6. The van der Waals surface area contributed by atoms with Crippen LogP contribution in [-0.4, -0.2) is 0 Å². The summed E-state index contributed by atoms with van der Waals surface area (Å²) >= 11 is 6.27. The SMILES string of the molecule is Cc1ccc(C(Cc2ccc(C)cc2Cl)NN)cc1. The standard InChI is InChI=1S/C16H19ClN2/c1-11-3-6-13(7-4-11)16(19-18)10-14-8-5-12(2)9-15(14)17/h3-9,16,19H,10,18H2,1-2H3. The number of halogens is 1. The van der Waals surface area contributed by atoms with Gasteiger partial charge in [-0.1, -0.05) is 53.6 Å². The molecule has 2 rings (SSSR count). The van der Waals surface area contributed by atoms with Crippen molar-refractivity contribution >= 4 is 11.6 Å². The Morgan fingerprint density at radius 2 is 1.68 bits per heavy atom. The van der Waals surface area contributed by atoms with Crippen LogP contribution in [0.4, 0.5) is 0 Å². The summed E-state index contributed by atoms with van der Waals surface area (Å²) in [5.74, 6) is 5.68. The number of hydrogen-bond acceptors (Lipinski definition) is 2. The number of rotatable bonds is 4. The molecule has 3 N–H and O–H groups in total. The largest absolute Gasteiger partial charge is 0.271 e. The molecule has 0 radical (unpaired) electrons. The van der Waals surface area contributed by atoms with Crippen LogP contribution in [0.15, 0.2) is 42.5 Å². The first-order chi connectivity index (χ1) is 9.10. The molecule has 0 aliphatic heterocycles. The number of nitrogens with one attached hydrogen (secondary N) is 1. The van der Waals surface area contributed by atoms with Gasteiger partial charge in [-0.25, -0.2) is 0 Å². The van der Waals surface area contributed by atoms with Gasteiger partial charge in [0.25, 0.3) is 0 Å². The first-order valence-electron chi connectivity index (χ1n) is 6.38. The molecule has 0 amide bonds. The number of benzene rings is 2. The zero-order valence-electron chi connectivity index (χ0n) is 11.3. The van der Waals surface area contributed by atoms with Crippen LogP contribution in [0, 0.1) is 13.8 Å². The fourth-order valence-electron chi connectivity index (χ4n) is 2.11. The van der Waals surface area contributed by atoms with E-state index < -0.39 is 0 Å². The van der Waals surface area contributed by atoms with Crippen molar-refractivity contribution in [2.24, 2.45) is 5.84 Å². The van der Waals surface area contributed by atoms with E-state index in [0.29, 0.717) is 0 Å². The van der Waals surface area contributed by atoms with E-state index in [1.165, 1.54) is 16.7 Å². The van der Waals surface area contributed by atoms with Gasteiger partial charge in [0.2, 0.25) is 0 Å². The van der Waals surface area contributed by atoms with E-state index in [1.54, 1.807) is 0 Å². The van der Waals surface area contributed by atoms with E-state index in [9.17, 15) is 0 Å². The summed E-state index contributed by atoms with van der Waals surface area (Å²) in [4.78, 5) is 0. The third-order valence-electron chi connectivity index (χ3n) is 3.31. The van der Waals surface area contributed by atoms with Gasteiger partial charge in [0.05, 0.1) is 6.04 Å². The van der Waals surface area contributed by atoms with Gasteiger partial charge in [-0.15, -0.1) is 0 Å². The Balaban J connectivity index is 2.21. The number of nitrogens with two attached hydrogens (primary N) is 1. The van der Waals surface area contributed by atoms with Crippen LogP contribution < -0.4 is 11.3 Å². The summed E-state index contributed by atoms with van der Waals surface area (Å²) in [7, 11) is 0. The van der Waals surface area contributed by atoms with Crippen LogP contribution in [0.1, 0.15) is 28.3 Å². The van der Waals surface area contributed by atoms with Crippen LogP contribution in [0.5, 0.6) is 0 Å². The van der Waals surface area contributed by atoms with Gasteiger partial charge in [0.1, 0.15) is 0 Å². The second kappa shape index (κ2) is 6.20. The fourth-order valence-corrected chi connectivity index (χ4v) is 2.42. The molecular weight excluding hydrogens is 256 g/mol. The van der Waals surface area contributed by atoms with Crippen molar-refractivity contribution < 1.29 is 0 Å². The highest BCUT2D eigenvalue weighted by Gasteiger charge is 2.12. The molecule has 0 aromatic heterocycles. The summed E-state index contributed by atoms with van der Waals surface area (Å²) in [6.07, 6.45) is 0.776. The summed E-state index contributed by atoms with van der Waals surface area (Å²) in [5, 5.41) is 0.798. The predicted molar refractivity (Wildman–Crippen MR) is 81.1 cm³/mol. The normalized spacial score (nSPS) is 12.4. The molecule has 0 fully saturated rings. The highest BCUT2D eigenvalue weighted by molar-refractivity contribution is 6.31. The molecule has 19 heavy (non-hydrogen) atoms. The topological polar surface area (TPSA) is 38.0 Å². The minimum Gasteiger partial charge on any atom is -0.271 e. The number of hydrogen-bond donors (Lipinski definition) is 2. The molecule has 100 valence electrons. The second-order valence-electron chi connectivity index (χ2n) is 4.93. The Hall–Kier alpha value is -1.35. The molecule has 0 bridgehead atoms. The predicted octanol–water partition coefficient (Wildman–Crippen LogP) is 3.70. The van der Waals surface area contributed by atoms with Crippen LogP contribution >= 0.6 is 11.6 Å². The van der Waals surface area contributed by atoms with Crippen molar-refractivity contribution in [2.45, 2.75) is 26.3 Å². The van der Waals surface area contributed by atoms with Crippen molar-refractivity contribution in [3.63, 3.8) is 0 Å². The molecule has 0 aliphatic rings. The summed E-state index contributed by atoms with van der Waals surface area (Å²) in [5.41, 5.74) is 7.56. The van der Waals surface area contributed by atoms with E-state index in [0.717, 1.165) is 17.0 Å². The monoisotopic (exact) mass is 274 g/mol. The molecule has 2 aromatic rings. The molecule has 2 nitrogen and oxygen atoms in total. The van der Waals surface area contributed by atoms with Crippen LogP contribution in [0.25, 0.3) is 0 Å². The highest BCUT2D eigenvalue weighted by atomic mass is 35.5. The zero-order valence-corrected chi connectivity index (χ0v) is 12.0. The first-order valence-corrected chi connectivity index (χ1v) is 6.75. The van der Waals surface area contributed by atoms with Gasteiger partial charge in [-0.05, 0) is 43.0 Å². The van der Waals surface area contributed by atoms with Crippen LogP contribution in [0.3, 0.4) is 0 Å². The maximum absolute atomic E-state index is 6.27. The maximum atomic E-state index is 6.27. The smallest absolute Gasteiger partial charge is 0.0500 e. The van der Waals surface area contributed by atoms with Crippen molar-refractivity contribution in [1.82, 2.24) is 5.43 Å². The maximum Gasteiger partial charge on any atom is 0.0500 e. The van der Waals surface area contributed by atoms with Crippen molar-refractivity contribution in [3.8, 4) is 0 Å². The first kappa shape index (κ1) is 14.1. The molecule has 0 saturated heterocycles. The summed E-state index contributed by atoms with van der Waals surface area (Å²) in [6.45, 7) is 4.11. The number of aryl methyl sites for hydroxylation is 2. The van der Waals surface area contributed by atoms with Gasteiger partial charge >= 0.3 is 0 Å². The van der Waals surface area contributed by atoms with E-state index in [-0.39, 0.29) is 6.04 Å². The Morgan fingerprint density at radius 3 is 2.26 bits per heavy atom. The molecule has 1 atom stereocenters. The third kappa shape index (κ3) is 3.57. The molecule has 0 spiro atoms. The molecule has 1 unspecified atom stereocenters. The van der Waals surface area contributed by atoms with E-state index in [1.807, 2.05) is 13.0 Å². The third-order valence-corrected chi connectivity index (χ3v) is 3.67. The Labute approximate surface area is 119 Å². The van der Waals surface area contributed by atoms with Crippen molar-refractivity contribution in [2.75, 3.05) is 0 Å². The molecule has 2 aromatic carbocycles. The zero-order chi connectivity index (χ0) is 13.8. The minimum atomic E-state index is 0.0702. The van der Waals surface area contributed by atoms with E-state index in [2.05, 4.69) is 48.7 Å². The molecule has 0 saturated carbocycles. The molecule has 0 heterocycles. The Kier molecular flexibility index (Phi) is 4.59. The van der Waals surface area contributed by atoms with Gasteiger partial charge in [-0.2, -0.15) is 0 Å². The second-order valence-corrected chi connectivity index (χ2v) is 5.34. The van der Waals surface area contributed by atoms with E-state index >= 15 is 0 Å². The lowest BCUT2D eigenvalue weighted by Gasteiger charge is -2.17. The average Bonchev–Trinajstić information content (AvgIpc) is 2.39. The lowest BCUT2D eigenvalue weighted by Crippen LogP contribution is -2.29. The average molecular weight is 275 g/mol. The van der Waals surface area contributed by atoms with Crippen molar-refractivity contribution in [1.29, 1.82) is 0 Å². The Morgan fingerprint density at radius 1 is 1.05 bits per heavy atom. The van der Waals surface area contributed by atoms with Gasteiger partial charge < -0.3 is 0 Å². The molecule has 0 aliphatic carbocycles. The van der Waals surface area contributed by atoms with Gasteiger partial charge in [-0.3, -0.25) is 11.3 Å². The lowest BCUT2D eigenvalue weighted by molar-refractivity contribution is 0.552. The number of hydrazine groups is 1. The molecule has 3 heteroatoms. The van der Waals surface area contributed by atoms with Gasteiger partial charge in [0, 0.05) is 5.02 Å². The molecular formula is C16H19ClN2. The Bertz CT molecular complexity index is 549. The minimum absolute atomic E-state index is 0.0702. The van der Waals surface area contributed by atoms with Crippen LogP contribution in [0.2, 0.25) is 5.02 Å². The fraction of sp³-hybridized carbons (Fsp3) is 0.250. The van der Waals surface area contributed by atoms with Crippen molar-refractivity contribution in [3.05, 3.63) is 69.7 Å².